The molecule has 0 saturated heterocycles. The van der Waals surface area contributed by atoms with Gasteiger partial charge in [-0.05, 0) is 26.3 Å². The first kappa shape index (κ1) is 15.1. The Hall–Kier alpha value is -2.30. The molecule has 0 atom stereocenters. The fraction of sp³-hybridized carbons (Fsp3) is 0.375. The summed E-state index contributed by atoms with van der Waals surface area (Å²) in [6.45, 7) is 5.62. The highest BCUT2D eigenvalue weighted by molar-refractivity contribution is 6.05. The highest BCUT2D eigenvalue weighted by Gasteiger charge is 2.36. The van der Waals surface area contributed by atoms with Crippen LogP contribution in [0.1, 0.15) is 26.3 Å². The van der Waals surface area contributed by atoms with Crippen molar-refractivity contribution in [3.63, 3.8) is 0 Å². The Morgan fingerprint density at radius 1 is 1.29 bits per heavy atom. The second-order valence-electron chi connectivity index (χ2n) is 5.98. The number of hydrogen-bond donors (Lipinski definition) is 1. The summed E-state index contributed by atoms with van der Waals surface area (Å²) in [6.07, 6.45) is 0. The molecule has 0 spiro atoms. The molecule has 5 heteroatoms. The van der Waals surface area contributed by atoms with Gasteiger partial charge in [0.05, 0.1) is 6.54 Å². The summed E-state index contributed by atoms with van der Waals surface area (Å²) in [5.41, 5.74) is 0.287. The maximum Gasteiger partial charge on any atom is 0.340 e. The minimum Gasteiger partial charge on any atom is -0.503 e. The molecular formula is C16H19NO4. The van der Waals surface area contributed by atoms with Crippen LogP contribution in [0, 0.1) is 0 Å². The molecule has 1 amide bonds. The fourth-order valence-electron chi connectivity index (χ4n) is 2.05. The highest BCUT2D eigenvalue weighted by Crippen LogP contribution is 2.22. The van der Waals surface area contributed by atoms with Gasteiger partial charge in [-0.25, -0.2) is 4.79 Å². The zero-order valence-electron chi connectivity index (χ0n) is 12.4. The number of nitrogens with zero attached hydrogens (tertiary/aromatic N) is 1. The van der Waals surface area contributed by atoms with Crippen LogP contribution in [0.5, 0.6) is 0 Å². The largest absolute Gasteiger partial charge is 0.503 e. The van der Waals surface area contributed by atoms with Crippen molar-refractivity contribution in [2.24, 2.45) is 0 Å². The van der Waals surface area contributed by atoms with E-state index in [1.807, 2.05) is 30.3 Å². The molecule has 1 heterocycles. The Morgan fingerprint density at radius 3 is 2.48 bits per heavy atom. The first-order chi connectivity index (χ1) is 9.78. The summed E-state index contributed by atoms with van der Waals surface area (Å²) < 4.78 is 5.20. The van der Waals surface area contributed by atoms with Gasteiger partial charge in [0.2, 0.25) is 0 Å². The van der Waals surface area contributed by atoms with E-state index in [0.717, 1.165) is 5.56 Å². The third-order valence-corrected chi connectivity index (χ3v) is 2.99. The third kappa shape index (κ3) is 3.62. The molecule has 1 aromatic carbocycles. The second-order valence-corrected chi connectivity index (χ2v) is 5.98. The van der Waals surface area contributed by atoms with E-state index in [4.69, 9.17) is 4.74 Å². The Labute approximate surface area is 123 Å². The van der Waals surface area contributed by atoms with E-state index in [-0.39, 0.29) is 12.1 Å². The van der Waals surface area contributed by atoms with Crippen LogP contribution < -0.4 is 0 Å². The summed E-state index contributed by atoms with van der Waals surface area (Å²) in [4.78, 5) is 25.4. The molecule has 1 aliphatic heterocycles. The van der Waals surface area contributed by atoms with Crippen molar-refractivity contribution in [1.29, 1.82) is 0 Å². The molecule has 0 radical (unpaired) electrons. The van der Waals surface area contributed by atoms with Crippen LogP contribution in [0.25, 0.3) is 0 Å². The van der Waals surface area contributed by atoms with Gasteiger partial charge in [0.15, 0.2) is 5.76 Å². The van der Waals surface area contributed by atoms with Crippen LogP contribution in [-0.4, -0.2) is 34.0 Å². The van der Waals surface area contributed by atoms with Gasteiger partial charge < -0.3 is 14.7 Å². The molecule has 0 aliphatic carbocycles. The standard InChI is InChI=1S/C16H19NO4/c1-16(2,3)21-15(20)12-10-17(14(19)13(12)18)9-11-7-5-4-6-8-11/h4-8,18H,9-10H2,1-3H3. The lowest BCUT2D eigenvalue weighted by atomic mass is 10.2. The number of hydrogen-bond acceptors (Lipinski definition) is 4. The molecule has 0 fully saturated rings. The summed E-state index contributed by atoms with van der Waals surface area (Å²) in [5.74, 6) is -1.70. The van der Waals surface area contributed by atoms with Gasteiger partial charge in [0.1, 0.15) is 11.2 Å². The predicted octanol–water partition coefficient (Wildman–Crippen LogP) is 2.18. The lowest BCUT2D eigenvalue weighted by molar-refractivity contribution is -0.150. The van der Waals surface area contributed by atoms with Gasteiger partial charge in [-0.15, -0.1) is 0 Å². The summed E-state index contributed by atoms with van der Waals surface area (Å²) in [6, 6.07) is 9.40. The average molecular weight is 289 g/mol. The molecule has 0 bridgehead atoms. The van der Waals surface area contributed by atoms with Crippen LogP contribution in [0.2, 0.25) is 0 Å². The molecular weight excluding hydrogens is 270 g/mol. The van der Waals surface area contributed by atoms with Crippen molar-refractivity contribution in [2.75, 3.05) is 6.54 Å². The van der Waals surface area contributed by atoms with Gasteiger partial charge >= 0.3 is 5.97 Å². The molecule has 1 aromatic rings. The SMILES string of the molecule is CC(C)(C)OC(=O)C1=C(O)C(=O)N(Cc2ccccc2)C1. The summed E-state index contributed by atoms with van der Waals surface area (Å²) in [5, 5.41) is 9.86. The summed E-state index contributed by atoms with van der Waals surface area (Å²) >= 11 is 0. The maximum atomic E-state index is 12.0. The first-order valence-electron chi connectivity index (χ1n) is 6.76. The molecule has 0 saturated carbocycles. The van der Waals surface area contributed by atoms with E-state index in [1.165, 1.54) is 4.90 Å². The van der Waals surface area contributed by atoms with E-state index in [9.17, 15) is 14.7 Å². The Morgan fingerprint density at radius 2 is 1.90 bits per heavy atom. The van der Waals surface area contributed by atoms with Crippen molar-refractivity contribution in [2.45, 2.75) is 32.9 Å². The molecule has 112 valence electrons. The monoisotopic (exact) mass is 289 g/mol. The Bertz CT molecular complexity index is 584. The molecule has 21 heavy (non-hydrogen) atoms. The van der Waals surface area contributed by atoms with Crippen molar-refractivity contribution in [3.05, 3.63) is 47.2 Å². The lowest BCUT2D eigenvalue weighted by Crippen LogP contribution is -2.29. The number of benzene rings is 1. The number of aliphatic hydroxyl groups is 1. The topological polar surface area (TPSA) is 66.8 Å². The fourth-order valence-corrected chi connectivity index (χ4v) is 2.05. The molecule has 1 aliphatic rings. The van der Waals surface area contributed by atoms with Gasteiger partial charge in [-0.3, -0.25) is 4.79 Å². The van der Waals surface area contributed by atoms with Crippen LogP contribution >= 0.6 is 0 Å². The number of ether oxygens (including phenoxy) is 1. The highest BCUT2D eigenvalue weighted by atomic mass is 16.6. The van der Waals surface area contributed by atoms with Crippen LogP contribution in [0.3, 0.4) is 0 Å². The molecule has 5 nitrogen and oxygen atoms in total. The van der Waals surface area contributed by atoms with Gasteiger partial charge in [0, 0.05) is 6.54 Å². The zero-order valence-corrected chi connectivity index (χ0v) is 12.4. The molecule has 2 rings (SSSR count). The molecule has 0 unspecified atom stereocenters. The smallest absolute Gasteiger partial charge is 0.340 e. The summed E-state index contributed by atoms with van der Waals surface area (Å²) in [7, 11) is 0. The van der Waals surface area contributed by atoms with Crippen molar-refractivity contribution in [3.8, 4) is 0 Å². The third-order valence-electron chi connectivity index (χ3n) is 2.99. The maximum absolute atomic E-state index is 12.0. The number of carbonyl (C=O) groups is 2. The lowest BCUT2D eigenvalue weighted by Gasteiger charge is -2.20. The Kier molecular flexibility index (Phi) is 4.02. The quantitative estimate of drug-likeness (QED) is 0.866. The molecule has 1 N–H and O–H groups in total. The van der Waals surface area contributed by atoms with Crippen molar-refractivity contribution < 1.29 is 19.4 Å². The van der Waals surface area contributed by atoms with E-state index in [0.29, 0.717) is 6.54 Å². The van der Waals surface area contributed by atoms with E-state index < -0.39 is 23.2 Å². The van der Waals surface area contributed by atoms with Crippen molar-refractivity contribution >= 4 is 11.9 Å². The number of aliphatic hydroxyl groups excluding tert-OH is 1. The van der Waals surface area contributed by atoms with Gasteiger partial charge in [-0.2, -0.15) is 0 Å². The Balaban J connectivity index is 2.09. The zero-order chi connectivity index (χ0) is 15.6. The van der Waals surface area contributed by atoms with Crippen LogP contribution in [0.15, 0.2) is 41.7 Å². The first-order valence-corrected chi connectivity index (χ1v) is 6.76. The number of carbonyl (C=O) groups excluding carboxylic acids is 2. The van der Waals surface area contributed by atoms with E-state index in [1.54, 1.807) is 20.8 Å². The number of amides is 1. The average Bonchev–Trinajstić information content (AvgIpc) is 2.66. The van der Waals surface area contributed by atoms with E-state index >= 15 is 0 Å². The second kappa shape index (κ2) is 5.60. The van der Waals surface area contributed by atoms with E-state index in [2.05, 4.69) is 0 Å². The predicted molar refractivity (Wildman–Crippen MR) is 77.4 cm³/mol. The molecule has 0 aromatic heterocycles. The number of esters is 1. The number of rotatable bonds is 3. The van der Waals surface area contributed by atoms with Gasteiger partial charge in [0.25, 0.3) is 5.91 Å². The minimum absolute atomic E-state index is 0.0193. The van der Waals surface area contributed by atoms with Crippen LogP contribution in [-0.2, 0) is 20.9 Å². The van der Waals surface area contributed by atoms with Gasteiger partial charge in [-0.1, -0.05) is 30.3 Å². The van der Waals surface area contributed by atoms with Crippen LogP contribution in [0.4, 0.5) is 0 Å². The normalized spacial score (nSPS) is 15.6. The minimum atomic E-state index is -0.666. The van der Waals surface area contributed by atoms with Crippen molar-refractivity contribution in [1.82, 2.24) is 4.90 Å².